The Morgan fingerprint density at radius 3 is 2.65 bits per heavy atom. The van der Waals surface area contributed by atoms with Crippen LogP contribution in [0.25, 0.3) is 11.4 Å². The Morgan fingerprint density at radius 1 is 1.13 bits per heavy atom. The van der Waals surface area contributed by atoms with Crippen molar-refractivity contribution in [2.24, 2.45) is 11.8 Å². The Labute approximate surface area is 135 Å². The number of amides is 1. The molecule has 2 aliphatic rings. The first-order valence-electron chi connectivity index (χ1n) is 8.40. The van der Waals surface area contributed by atoms with Gasteiger partial charge in [0, 0.05) is 31.7 Å². The molecule has 0 unspecified atom stereocenters. The Hall–Kier alpha value is -2.24. The van der Waals surface area contributed by atoms with Gasteiger partial charge in [0.2, 0.25) is 5.91 Å². The Kier molecular flexibility index (Phi) is 3.81. The van der Waals surface area contributed by atoms with Gasteiger partial charge in [0.15, 0.2) is 0 Å². The zero-order chi connectivity index (χ0) is 15.6. The summed E-state index contributed by atoms with van der Waals surface area (Å²) in [6, 6.07) is 5.79. The topological polar surface area (TPSA) is 63.9 Å². The second kappa shape index (κ2) is 6.10. The van der Waals surface area contributed by atoms with Crippen molar-refractivity contribution in [3.05, 3.63) is 30.6 Å². The van der Waals surface area contributed by atoms with Crippen LogP contribution in [-0.4, -0.2) is 43.9 Å². The fourth-order valence-electron chi connectivity index (χ4n) is 3.21. The summed E-state index contributed by atoms with van der Waals surface area (Å²) in [6.07, 6.45) is 8.02. The summed E-state index contributed by atoms with van der Waals surface area (Å²) in [5, 5.41) is 8.44. The van der Waals surface area contributed by atoms with Gasteiger partial charge in [-0.1, -0.05) is 11.3 Å². The lowest BCUT2D eigenvalue weighted by atomic mass is 9.96. The summed E-state index contributed by atoms with van der Waals surface area (Å²) in [4.78, 5) is 18.4. The van der Waals surface area contributed by atoms with E-state index in [9.17, 15) is 4.79 Å². The molecule has 0 bridgehead atoms. The molecule has 120 valence electrons. The number of carbonyl (C=O) groups is 1. The molecule has 0 aromatic carbocycles. The average Bonchev–Trinajstić information content (AvgIpc) is 3.35. The number of nitrogens with zero attached hydrogens (tertiary/aromatic N) is 5. The molecule has 6 heteroatoms. The Balaban J connectivity index is 1.33. The lowest BCUT2D eigenvalue weighted by Gasteiger charge is -2.32. The lowest BCUT2D eigenvalue weighted by Crippen LogP contribution is -2.40. The van der Waals surface area contributed by atoms with E-state index in [1.54, 1.807) is 6.20 Å². The lowest BCUT2D eigenvalue weighted by molar-refractivity contribution is -0.134. The normalized spacial score (nSPS) is 19.0. The highest BCUT2D eigenvalue weighted by atomic mass is 16.2. The molecular weight excluding hydrogens is 290 g/mol. The van der Waals surface area contributed by atoms with Crippen molar-refractivity contribution in [1.82, 2.24) is 24.9 Å². The van der Waals surface area contributed by atoms with E-state index in [1.807, 2.05) is 29.1 Å². The highest BCUT2D eigenvalue weighted by Gasteiger charge is 2.34. The number of likely N-dealkylation sites (tertiary alicyclic amines) is 1. The molecule has 2 fully saturated rings. The van der Waals surface area contributed by atoms with Crippen molar-refractivity contribution in [3.8, 4) is 11.4 Å². The van der Waals surface area contributed by atoms with Crippen molar-refractivity contribution in [2.75, 3.05) is 13.1 Å². The van der Waals surface area contributed by atoms with E-state index in [0.717, 1.165) is 56.7 Å². The minimum Gasteiger partial charge on any atom is -0.342 e. The standard InChI is InChI=1S/C17H21N5O/c23-17(14-4-5-14)21-9-6-13(7-10-21)11-22-12-16(19-20-22)15-3-1-2-8-18-15/h1-3,8,12-14H,4-7,9-11H2. The molecule has 0 N–H and O–H groups in total. The van der Waals surface area contributed by atoms with Gasteiger partial charge < -0.3 is 4.90 Å². The van der Waals surface area contributed by atoms with E-state index in [0.29, 0.717) is 17.7 Å². The minimum atomic E-state index is 0.336. The summed E-state index contributed by atoms with van der Waals surface area (Å²) >= 11 is 0. The summed E-state index contributed by atoms with van der Waals surface area (Å²) in [5.41, 5.74) is 1.66. The first-order valence-corrected chi connectivity index (χ1v) is 8.40. The van der Waals surface area contributed by atoms with Gasteiger partial charge in [0.25, 0.3) is 0 Å². The number of aromatic nitrogens is 4. The van der Waals surface area contributed by atoms with Crippen molar-refractivity contribution in [2.45, 2.75) is 32.2 Å². The van der Waals surface area contributed by atoms with Gasteiger partial charge in [-0.2, -0.15) is 0 Å². The SMILES string of the molecule is O=C(C1CC1)N1CCC(Cn2cc(-c3ccccn3)nn2)CC1. The van der Waals surface area contributed by atoms with Crippen LogP contribution in [0.3, 0.4) is 0 Å². The Bertz CT molecular complexity index is 671. The first kappa shape index (κ1) is 14.4. The molecule has 2 aromatic heterocycles. The quantitative estimate of drug-likeness (QED) is 0.866. The molecule has 1 aliphatic carbocycles. The molecular formula is C17H21N5O. The smallest absolute Gasteiger partial charge is 0.225 e. The number of carbonyl (C=O) groups excluding carboxylic acids is 1. The fraction of sp³-hybridized carbons (Fsp3) is 0.529. The maximum absolute atomic E-state index is 12.1. The zero-order valence-electron chi connectivity index (χ0n) is 13.1. The van der Waals surface area contributed by atoms with Crippen LogP contribution in [-0.2, 0) is 11.3 Å². The number of hydrogen-bond donors (Lipinski definition) is 0. The van der Waals surface area contributed by atoms with Crippen LogP contribution in [0.15, 0.2) is 30.6 Å². The van der Waals surface area contributed by atoms with Crippen molar-refractivity contribution in [3.63, 3.8) is 0 Å². The van der Waals surface area contributed by atoms with Gasteiger partial charge in [0.05, 0.1) is 11.9 Å². The molecule has 2 aromatic rings. The number of rotatable bonds is 4. The van der Waals surface area contributed by atoms with E-state index < -0.39 is 0 Å². The predicted octanol–water partition coefficient (Wildman–Crippen LogP) is 1.99. The summed E-state index contributed by atoms with van der Waals surface area (Å²) in [6.45, 7) is 2.65. The molecule has 6 nitrogen and oxygen atoms in total. The molecule has 23 heavy (non-hydrogen) atoms. The number of hydrogen-bond acceptors (Lipinski definition) is 4. The molecule has 4 rings (SSSR count). The number of pyridine rings is 1. The first-order chi connectivity index (χ1) is 11.3. The molecule has 0 spiro atoms. The molecule has 1 saturated carbocycles. The van der Waals surface area contributed by atoms with Gasteiger partial charge in [-0.15, -0.1) is 5.10 Å². The molecule has 3 heterocycles. The van der Waals surface area contributed by atoms with Crippen molar-refractivity contribution < 1.29 is 4.79 Å². The predicted molar refractivity (Wildman–Crippen MR) is 85.3 cm³/mol. The van der Waals surface area contributed by atoms with Gasteiger partial charge in [-0.05, 0) is 43.7 Å². The maximum atomic E-state index is 12.1. The van der Waals surface area contributed by atoms with Gasteiger partial charge in [0.1, 0.15) is 5.69 Å². The van der Waals surface area contributed by atoms with E-state index in [1.165, 1.54) is 0 Å². The van der Waals surface area contributed by atoms with Gasteiger partial charge in [-0.25, -0.2) is 0 Å². The summed E-state index contributed by atoms with van der Waals surface area (Å²) in [5.74, 6) is 1.28. The maximum Gasteiger partial charge on any atom is 0.225 e. The van der Waals surface area contributed by atoms with Crippen LogP contribution in [0, 0.1) is 11.8 Å². The van der Waals surface area contributed by atoms with Crippen LogP contribution in [0.5, 0.6) is 0 Å². The van der Waals surface area contributed by atoms with E-state index in [2.05, 4.69) is 20.2 Å². The fourth-order valence-corrected chi connectivity index (χ4v) is 3.21. The third kappa shape index (κ3) is 3.25. The van der Waals surface area contributed by atoms with Crippen LogP contribution < -0.4 is 0 Å². The van der Waals surface area contributed by atoms with Gasteiger partial charge >= 0.3 is 0 Å². The number of piperidine rings is 1. The molecule has 0 radical (unpaired) electrons. The van der Waals surface area contributed by atoms with Crippen molar-refractivity contribution in [1.29, 1.82) is 0 Å². The largest absolute Gasteiger partial charge is 0.342 e. The molecule has 0 atom stereocenters. The minimum absolute atomic E-state index is 0.336. The summed E-state index contributed by atoms with van der Waals surface area (Å²) < 4.78 is 1.91. The second-order valence-corrected chi connectivity index (χ2v) is 6.58. The van der Waals surface area contributed by atoms with E-state index in [4.69, 9.17) is 0 Å². The summed E-state index contributed by atoms with van der Waals surface area (Å²) in [7, 11) is 0. The third-order valence-corrected chi connectivity index (χ3v) is 4.76. The van der Waals surface area contributed by atoms with Crippen LogP contribution in [0.4, 0.5) is 0 Å². The van der Waals surface area contributed by atoms with Crippen LogP contribution in [0.1, 0.15) is 25.7 Å². The highest BCUT2D eigenvalue weighted by Crippen LogP contribution is 2.32. The van der Waals surface area contributed by atoms with Crippen LogP contribution in [0.2, 0.25) is 0 Å². The molecule has 1 aliphatic heterocycles. The van der Waals surface area contributed by atoms with Crippen LogP contribution >= 0.6 is 0 Å². The average molecular weight is 311 g/mol. The zero-order valence-corrected chi connectivity index (χ0v) is 13.1. The third-order valence-electron chi connectivity index (χ3n) is 4.76. The second-order valence-electron chi connectivity index (χ2n) is 6.58. The Morgan fingerprint density at radius 2 is 1.96 bits per heavy atom. The highest BCUT2D eigenvalue weighted by molar-refractivity contribution is 5.81. The molecule has 1 amide bonds. The van der Waals surface area contributed by atoms with E-state index in [-0.39, 0.29) is 0 Å². The van der Waals surface area contributed by atoms with Gasteiger partial charge in [-0.3, -0.25) is 14.5 Å². The van der Waals surface area contributed by atoms with E-state index >= 15 is 0 Å². The van der Waals surface area contributed by atoms with Crippen molar-refractivity contribution >= 4 is 5.91 Å². The monoisotopic (exact) mass is 311 g/mol. The molecule has 1 saturated heterocycles.